The Morgan fingerprint density at radius 3 is 2.26 bits per heavy atom. The van der Waals surface area contributed by atoms with Crippen LogP contribution < -0.4 is 18.9 Å². The SMILES string of the molecule is COc1cc([C@@H]2c3cc4c(cc3[C@@H](O[C@@H]3O[C@@H]5COC(C)(C)O[C@@H]5[C@H](O)[C@H]3O)C3COC(=O)C32)OCO4)cc(OC)c1O. The molecular weight excluding hydrogens is 568 g/mol. The Morgan fingerprint density at radius 2 is 1.58 bits per heavy atom. The van der Waals surface area contributed by atoms with Crippen LogP contribution in [0, 0.1) is 11.8 Å². The Morgan fingerprint density at radius 1 is 0.907 bits per heavy atom. The molecule has 0 saturated carbocycles. The molecule has 5 aliphatic rings. The number of rotatable bonds is 5. The van der Waals surface area contributed by atoms with E-state index in [0.717, 1.165) is 0 Å². The van der Waals surface area contributed by atoms with E-state index in [1.807, 2.05) is 0 Å². The molecule has 3 N–H and O–H groups in total. The maximum Gasteiger partial charge on any atom is 0.310 e. The maximum absolute atomic E-state index is 13.4. The Kier molecular flexibility index (Phi) is 6.87. The highest BCUT2D eigenvalue weighted by Crippen LogP contribution is 2.57. The highest BCUT2D eigenvalue weighted by atomic mass is 16.8. The first-order chi connectivity index (χ1) is 20.6. The van der Waals surface area contributed by atoms with E-state index >= 15 is 0 Å². The minimum Gasteiger partial charge on any atom is -0.502 e. The van der Waals surface area contributed by atoms with Gasteiger partial charge in [0.1, 0.15) is 24.4 Å². The molecule has 4 heterocycles. The second-order valence-corrected chi connectivity index (χ2v) is 11.8. The van der Waals surface area contributed by atoms with Crippen LogP contribution in [-0.2, 0) is 28.5 Å². The van der Waals surface area contributed by atoms with Crippen LogP contribution in [0.4, 0.5) is 0 Å². The number of aliphatic hydroxyl groups is 2. The van der Waals surface area contributed by atoms with Gasteiger partial charge in [0.15, 0.2) is 35.1 Å². The standard InChI is InChI=1S/C30H34O13/c1-30(2)40-10-20-27(43-30)24(32)25(33)29(41-20)42-26-14-8-17-16(38-11-39-17)7-13(14)21(22-15(26)9-37-28(22)34)12-5-18(35-3)23(31)19(6-12)36-4/h5-8,15,20-22,24-27,29,31-33H,9-11H2,1-4H3/t15?,20-,21-,22?,24-,25-,26-,27+,29+/m1/s1. The van der Waals surface area contributed by atoms with Gasteiger partial charge in [-0.2, -0.15) is 0 Å². The number of ether oxygens (including phenoxy) is 9. The summed E-state index contributed by atoms with van der Waals surface area (Å²) in [5, 5.41) is 32.7. The van der Waals surface area contributed by atoms with E-state index in [9.17, 15) is 20.1 Å². The van der Waals surface area contributed by atoms with Gasteiger partial charge in [-0.1, -0.05) is 0 Å². The molecule has 4 aliphatic heterocycles. The van der Waals surface area contributed by atoms with E-state index in [4.69, 9.17) is 42.6 Å². The third-order valence-electron chi connectivity index (χ3n) is 8.92. The van der Waals surface area contributed by atoms with Gasteiger partial charge in [-0.15, -0.1) is 0 Å². The van der Waals surface area contributed by atoms with Crippen molar-refractivity contribution in [2.24, 2.45) is 11.8 Å². The number of fused-ring (bicyclic) bond motifs is 4. The normalized spacial score (nSPS) is 35.4. The number of cyclic esters (lactones) is 1. The van der Waals surface area contributed by atoms with Crippen LogP contribution in [0.25, 0.3) is 0 Å². The molecule has 43 heavy (non-hydrogen) atoms. The van der Waals surface area contributed by atoms with Crippen molar-refractivity contribution in [2.45, 2.75) is 62.4 Å². The molecule has 0 bridgehead atoms. The van der Waals surface area contributed by atoms with E-state index < -0.39 is 66.3 Å². The van der Waals surface area contributed by atoms with Crippen molar-refractivity contribution >= 4 is 5.97 Å². The highest BCUT2D eigenvalue weighted by molar-refractivity contribution is 5.79. The lowest BCUT2D eigenvalue weighted by Gasteiger charge is -2.49. The molecule has 0 radical (unpaired) electrons. The molecule has 9 atom stereocenters. The summed E-state index contributed by atoms with van der Waals surface area (Å²) < 4.78 is 52.0. The Balaban J connectivity index is 1.31. The summed E-state index contributed by atoms with van der Waals surface area (Å²) in [5.41, 5.74) is 2.01. The number of benzene rings is 2. The van der Waals surface area contributed by atoms with Crippen LogP contribution in [-0.4, -0.2) is 92.0 Å². The van der Waals surface area contributed by atoms with Crippen molar-refractivity contribution in [3.05, 3.63) is 41.0 Å². The molecule has 3 fully saturated rings. The topological polar surface area (TPSA) is 161 Å². The van der Waals surface area contributed by atoms with E-state index in [1.165, 1.54) is 14.2 Å². The van der Waals surface area contributed by atoms with Crippen molar-refractivity contribution < 1.29 is 62.7 Å². The number of esters is 1. The first-order valence-corrected chi connectivity index (χ1v) is 14.1. The number of phenols is 1. The number of carbonyl (C=O) groups excluding carboxylic acids is 1. The Labute approximate surface area is 247 Å². The zero-order valence-electron chi connectivity index (χ0n) is 24.1. The van der Waals surface area contributed by atoms with Gasteiger partial charge in [-0.05, 0) is 54.8 Å². The zero-order chi connectivity index (χ0) is 30.2. The molecule has 0 spiro atoms. The molecule has 0 amide bonds. The smallest absolute Gasteiger partial charge is 0.310 e. The fourth-order valence-electron chi connectivity index (χ4n) is 6.87. The molecule has 2 unspecified atom stereocenters. The van der Waals surface area contributed by atoms with Crippen LogP contribution in [0.2, 0.25) is 0 Å². The zero-order valence-corrected chi connectivity index (χ0v) is 24.1. The van der Waals surface area contributed by atoms with Crippen molar-refractivity contribution in [2.75, 3.05) is 34.2 Å². The summed E-state index contributed by atoms with van der Waals surface area (Å²) in [7, 11) is 2.86. The lowest BCUT2D eigenvalue weighted by Crippen LogP contribution is -2.65. The summed E-state index contributed by atoms with van der Waals surface area (Å²) in [5.74, 6) is -2.00. The van der Waals surface area contributed by atoms with Crippen LogP contribution >= 0.6 is 0 Å². The monoisotopic (exact) mass is 602 g/mol. The van der Waals surface area contributed by atoms with Crippen LogP contribution in [0.3, 0.4) is 0 Å². The quantitative estimate of drug-likeness (QED) is 0.425. The average molecular weight is 603 g/mol. The van der Waals surface area contributed by atoms with Gasteiger partial charge in [0.05, 0.1) is 39.5 Å². The lowest BCUT2D eigenvalue weighted by molar-refractivity contribution is -0.388. The molecule has 13 heteroatoms. The minimum absolute atomic E-state index is 0.0280. The van der Waals surface area contributed by atoms with E-state index in [0.29, 0.717) is 28.2 Å². The van der Waals surface area contributed by atoms with Gasteiger partial charge in [0.25, 0.3) is 0 Å². The van der Waals surface area contributed by atoms with Crippen LogP contribution in [0.15, 0.2) is 24.3 Å². The largest absolute Gasteiger partial charge is 0.502 e. The van der Waals surface area contributed by atoms with Crippen molar-refractivity contribution in [3.8, 4) is 28.7 Å². The molecule has 232 valence electrons. The lowest BCUT2D eigenvalue weighted by atomic mass is 9.66. The van der Waals surface area contributed by atoms with Crippen molar-refractivity contribution in [1.82, 2.24) is 0 Å². The third kappa shape index (κ3) is 4.57. The number of carbonyl (C=O) groups is 1. The number of phenolic OH excluding ortho intramolecular Hbond substituents is 1. The fraction of sp³-hybridized carbons (Fsp3) is 0.567. The van der Waals surface area contributed by atoms with Gasteiger partial charge >= 0.3 is 5.97 Å². The summed E-state index contributed by atoms with van der Waals surface area (Å²) in [6.07, 6.45) is -6.35. The predicted molar refractivity (Wildman–Crippen MR) is 143 cm³/mol. The Hall–Kier alpha value is -3.33. The minimum atomic E-state index is -1.45. The molecule has 3 saturated heterocycles. The molecule has 13 nitrogen and oxygen atoms in total. The Bertz CT molecular complexity index is 1400. The molecule has 1 aliphatic carbocycles. The van der Waals surface area contributed by atoms with E-state index in [2.05, 4.69) is 0 Å². The summed E-state index contributed by atoms with van der Waals surface area (Å²) in [6, 6.07) is 6.93. The van der Waals surface area contributed by atoms with E-state index in [-0.39, 0.29) is 37.3 Å². The number of hydrogen-bond donors (Lipinski definition) is 3. The predicted octanol–water partition coefficient (Wildman–Crippen LogP) is 1.73. The molecular formula is C30H34O13. The van der Waals surface area contributed by atoms with Gasteiger partial charge in [-0.25, -0.2) is 0 Å². The second-order valence-electron chi connectivity index (χ2n) is 11.8. The fourth-order valence-corrected chi connectivity index (χ4v) is 6.87. The van der Waals surface area contributed by atoms with Crippen molar-refractivity contribution in [1.29, 1.82) is 0 Å². The van der Waals surface area contributed by atoms with Gasteiger partial charge in [0.2, 0.25) is 12.5 Å². The van der Waals surface area contributed by atoms with Crippen LogP contribution in [0.1, 0.15) is 42.6 Å². The van der Waals surface area contributed by atoms with E-state index in [1.54, 1.807) is 38.1 Å². The molecule has 2 aromatic carbocycles. The number of methoxy groups -OCH3 is 2. The van der Waals surface area contributed by atoms with Gasteiger partial charge in [0, 0.05) is 11.8 Å². The highest BCUT2D eigenvalue weighted by Gasteiger charge is 2.56. The summed E-state index contributed by atoms with van der Waals surface area (Å²) in [4.78, 5) is 13.4. The molecule has 0 aromatic heterocycles. The number of aromatic hydroxyl groups is 1. The number of aliphatic hydroxyl groups excluding tert-OH is 2. The van der Waals surface area contributed by atoms with Crippen molar-refractivity contribution in [3.63, 3.8) is 0 Å². The summed E-state index contributed by atoms with van der Waals surface area (Å²) >= 11 is 0. The maximum atomic E-state index is 13.4. The second kappa shape index (κ2) is 10.4. The van der Waals surface area contributed by atoms with Gasteiger partial charge in [-0.3, -0.25) is 4.79 Å². The summed E-state index contributed by atoms with van der Waals surface area (Å²) in [6.45, 7) is 3.65. The van der Waals surface area contributed by atoms with Gasteiger partial charge < -0.3 is 58.0 Å². The average Bonchev–Trinajstić information content (AvgIpc) is 3.61. The first-order valence-electron chi connectivity index (χ1n) is 14.1. The number of hydrogen-bond acceptors (Lipinski definition) is 13. The first kappa shape index (κ1) is 28.4. The molecule has 2 aromatic rings. The molecule has 7 rings (SSSR count). The third-order valence-corrected chi connectivity index (χ3v) is 8.92. The van der Waals surface area contributed by atoms with Crippen LogP contribution in [0.5, 0.6) is 28.7 Å².